The van der Waals surface area contributed by atoms with Crippen LogP contribution in [0.5, 0.6) is 0 Å². The zero-order chi connectivity index (χ0) is 23.8. The van der Waals surface area contributed by atoms with Gasteiger partial charge in [-0.25, -0.2) is 13.9 Å². The van der Waals surface area contributed by atoms with Gasteiger partial charge in [0, 0.05) is 29.6 Å². The highest BCUT2D eigenvalue weighted by molar-refractivity contribution is 5.96. The lowest BCUT2D eigenvalue weighted by atomic mass is 10.2. The summed E-state index contributed by atoms with van der Waals surface area (Å²) >= 11 is 0. The predicted molar refractivity (Wildman–Crippen MR) is 122 cm³/mol. The molecule has 0 aliphatic rings. The quantitative estimate of drug-likeness (QED) is 0.383. The number of benzene rings is 2. The molecule has 1 aromatic heterocycles. The Morgan fingerprint density at radius 1 is 1.15 bits per heavy atom. The van der Waals surface area contributed by atoms with Crippen LogP contribution in [0.3, 0.4) is 0 Å². The molecule has 0 spiro atoms. The first-order chi connectivity index (χ1) is 15.9. The summed E-state index contributed by atoms with van der Waals surface area (Å²) in [7, 11) is 0. The Morgan fingerprint density at radius 2 is 1.85 bits per heavy atom. The minimum absolute atomic E-state index is 0.158. The van der Waals surface area contributed by atoms with E-state index in [2.05, 4.69) is 5.10 Å². The first-order valence-corrected chi connectivity index (χ1v) is 10.3. The normalized spacial score (nSPS) is 10.7. The van der Waals surface area contributed by atoms with Crippen LogP contribution in [-0.4, -0.2) is 34.8 Å². The Bertz CT molecular complexity index is 1190. The smallest absolute Gasteiger partial charge is 0.331 e. The molecular weight excluding hydrogens is 423 g/mol. The Hall–Kier alpha value is -4.25. The summed E-state index contributed by atoms with van der Waals surface area (Å²) in [6.45, 7) is 3.39. The summed E-state index contributed by atoms with van der Waals surface area (Å²) in [5, 5.41) is 13.3. The van der Waals surface area contributed by atoms with Gasteiger partial charge < -0.3 is 9.64 Å². The number of ether oxygens (including phenoxy) is 1. The molecule has 2 aromatic carbocycles. The van der Waals surface area contributed by atoms with Gasteiger partial charge in [-0.2, -0.15) is 10.4 Å². The fourth-order valence-corrected chi connectivity index (χ4v) is 3.31. The van der Waals surface area contributed by atoms with Crippen LogP contribution in [-0.2, 0) is 14.3 Å². The van der Waals surface area contributed by atoms with Crippen LogP contribution in [0, 0.1) is 31.0 Å². The number of rotatable bonds is 8. The summed E-state index contributed by atoms with van der Waals surface area (Å²) in [6, 6.07) is 16.9. The molecule has 0 saturated carbocycles. The molecule has 1 heterocycles. The fourth-order valence-electron chi connectivity index (χ4n) is 3.31. The van der Waals surface area contributed by atoms with Gasteiger partial charge in [0.2, 0.25) is 0 Å². The topological polar surface area (TPSA) is 88.2 Å². The molecule has 1 amide bonds. The Morgan fingerprint density at radius 3 is 2.52 bits per heavy atom. The van der Waals surface area contributed by atoms with E-state index in [1.807, 2.05) is 19.1 Å². The summed E-state index contributed by atoms with van der Waals surface area (Å²) < 4.78 is 20.0. The van der Waals surface area contributed by atoms with Crippen molar-refractivity contribution in [1.29, 1.82) is 5.26 Å². The number of nitrogens with zero attached hydrogens (tertiary/aromatic N) is 4. The lowest BCUT2D eigenvalue weighted by Crippen LogP contribution is -2.35. The average Bonchev–Trinajstić information content (AvgIpc) is 3.10. The van der Waals surface area contributed by atoms with Crippen molar-refractivity contribution in [3.05, 3.63) is 83.4 Å². The molecule has 0 fully saturated rings. The number of nitriles is 1. The van der Waals surface area contributed by atoms with Gasteiger partial charge in [0.05, 0.1) is 23.9 Å². The van der Waals surface area contributed by atoms with Crippen LogP contribution in [0.4, 0.5) is 10.1 Å². The van der Waals surface area contributed by atoms with Gasteiger partial charge in [0.25, 0.3) is 5.91 Å². The maximum absolute atomic E-state index is 13.2. The second-order valence-electron chi connectivity index (χ2n) is 7.20. The zero-order valence-electron chi connectivity index (χ0n) is 18.4. The monoisotopic (exact) mass is 446 g/mol. The van der Waals surface area contributed by atoms with Gasteiger partial charge in [-0.15, -0.1) is 0 Å². The number of carbonyl (C=O) groups excluding carboxylic acids is 2. The molecule has 0 radical (unpaired) electrons. The largest absolute Gasteiger partial charge is 0.452 e. The van der Waals surface area contributed by atoms with Crippen molar-refractivity contribution in [3.8, 4) is 11.8 Å². The van der Waals surface area contributed by atoms with Gasteiger partial charge >= 0.3 is 5.97 Å². The number of para-hydroxylation sites is 1. The molecule has 3 rings (SSSR count). The average molecular weight is 446 g/mol. The van der Waals surface area contributed by atoms with Crippen LogP contribution >= 0.6 is 0 Å². The van der Waals surface area contributed by atoms with Crippen molar-refractivity contribution in [3.63, 3.8) is 0 Å². The van der Waals surface area contributed by atoms with Crippen LogP contribution in [0.2, 0.25) is 0 Å². The first-order valence-electron chi connectivity index (χ1n) is 10.3. The number of esters is 1. The molecule has 0 aliphatic heterocycles. The number of aromatic nitrogens is 2. The van der Waals surface area contributed by atoms with Crippen LogP contribution in [0.1, 0.15) is 23.4 Å². The van der Waals surface area contributed by atoms with Crippen molar-refractivity contribution < 1.29 is 18.7 Å². The second-order valence-corrected chi connectivity index (χ2v) is 7.20. The lowest BCUT2D eigenvalue weighted by molar-refractivity contribution is -0.142. The van der Waals surface area contributed by atoms with E-state index in [0.29, 0.717) is 17.1 Å². The summed E-state index contributed by atoms with van der Waals surface area (Å²) in [4.78, 5) is 26.2. The molecule has 7 nitrogen and oxygen atoms in total. The van der Waals surface area contributed by atoms with Crippen LogP contribution in [0.25, 0.3) is 11.8 Å². The molecule has 168 valence electrons. The molecule has 8 heteroatoms. The molecule has 0 atom stereocenters. The zero-order valence-corrected chi connectivity index (χ0v) is 18.4. The van der Waals surface area contributed by atoms with E-state index in [1.54, 1.807) is 54.1 Å². The summed E-state index contributed by atoms with van der Waals surface area (Å²) in [5.74, 6) is -1.43. The number of hydrogen-bond donors (Lipinski definition) is 0. The van der Waals surface area contributed by atoms with Gasteiger partial charge in [-0.3, -0.25) is 4.79 Å². The third-order valence-corrected chi connectivity index (χ3v) is 4.96. The third-order valence-electron chi connectivity index (χ3n) is 4.96. The van der Waals surface area contributed by atoms with Crippen molar-refractivity contribution in [1.82, 2.24) is 9.78 Å². The molecule has 0 aliphatic carbocycles. The van der Waals surface area contributed by atoms with E-state index in [-0.39, 0.29) is 18.8 Å². The third kappa shape index (κ3) is 5.92. The van der Waals surface area contributed by atoms with E-state index >= 15 is 0 Å². The number of hydrogen-bond acceptors (Lipinski definition) is 5. The van der Waals surface area contributed by atoms with Gasteiger partial charge in [-0.1, -0.05) is 18.2 Å². The molecule has 0 bridgehead atoms. The molecular formula is C25H23FN4O3. The Balaban J connectivity index is 1.66. The predicted octanol–water partition coefficient (Wildman–Crippen LogP) is 4.13. The van der Waals surface area contributed by atoms with Crippen molar-refractivity contribution in [2.45, 2.75) is 20.3 Å². The van der Waals surface area contributed by atoms with E-state index < -0.39 is 18.5 Å². The number of anilines is 1. The molecule has 33 heavy (non-hydrogen) atoms. The van der Waals surface area contributed by atoms with Gasteiger partial charge in [0.15, 0.2) is 6.61 Å². The SMILES string of the molecule is Cc1nn(-c2ccc(F)cc2)c(C)c1/C=C/C(=O)OCC(=O)N(CCC#N)c1ccccc1. The van der Waals surface area contributed by atoms with E-state index in [1.165, 1.54) is 23.1 Å². The van der Waals surface area contributed by atoms with E-state index in [4.69, 9.17) is 10.00 Å². The van der Waals surface area contributed by atoms with Crippen molar-refractivity contribution in [2.75, 3.05) is 18.1 Å². The van der Waals surface area contributed by atoms with Crippen molar-refractivity contribution in [2.24, 2.45) is 0 Å². The highest BCUT2D eigenvalue weighted by atomic mass is 19.1. The first kappa shape index (κ1) is 23.4. The molecule has 0 N–H and O–H groups in total. The molecule has 3 aromatic rings. The Kier molecular flexibility index (Phi) is 7.71. The van der Waals surface area contributed by atoms with Gasteiger partial charge in [-0.05, 0) is 56.3 Å². The summed E-state index contributed by atoms with van der Waals surface area (Å²) in [6.07, 6.45) is 2.97. The van der Waals surface area contributed by atoms with E-state index in [9.17, 15) is 14.0 Å². The second kappa shape index (κ2) is 10.9. The Labute approximate surface area is 191 Å². The standard InChI is InChI=1S/C25H23FN4O3/c1-18-23(19(2)30(28-18)22-11-9-20(26)10-12-22)13-14-25(32)33-17-24(31)29(16-6-15-27)21-7-4-3-5-8-21/h3-5,7-14H,6,16-17H2,1-2H3/b14-13+. The number of amides is 1. The minimum Gasteiger partial charge on any atom is -0.452 e. The maximum Gasteiger partial charge on any atom is 0.331 e. The highest BCUT2D eigenvalue weighted by Crippen LogP contribution is 2.20. The molecule has 0 unspecified atom stereocenters. The lowest BCUT2D eigenvalue weighted by Gasteiger charge is -2.21. The van der Waals surface area contributed by atoms with Gasteiger partial charge in [0.1, 0.15) is 5.82 Å². The van der Waals surface area contributed by atoms with E-state index in [0.717, 1.165) is 11.3 Å². The number of aryl methyl sites for hydroxylation is 1. The maximum atomic E-state index is 13.2. The summed E-state index contributed by atoms with van der Waals surface area (Å²) in [5.41, 5.74) is 3.50. The van der Waals surface area contributed by atoms with Crippen LogP contribution < -0.4 is 4.90 Å². The number of halogens is 1. The fraction of sp³-hybridized carbons (Fsp3) is 0.200. The highest BCUT2D eigenvalue weighted by Gasteiger charge is 2.17. The number of carbonyl (C=O) groups is 2. The molecule has 0 saturated heterocycles. The van der Waals surface area contributed by atoms with Crippen molar-refractivity contribution >= 4 is 23.6 Å². The minimum atomic E-state index is -0.676. The van der Waals surface area contributed by atoms with Crippen LogP contribution in [0.15, 0.2) is 60.7 Å².